The Kier molecular flexibility index (Phi) is 3.31. The molecule has 0 saturated heterocycles. The van der Waals surface area contributed by atoms with Crippen molar-refractivity contribution in [2.24, 2.45) is 5.92 Å². The van der Waals surface area contributed by atoms with E-state index in [2.05, 4.69) is 15.4 Å². The maximum atomic E-state index is 12.0. The quantitative estimate of drug-likeness (QED) is 0.793. The fourth-order valence-corrected chi connectivity index (χ4v) is 3.75. The number of nitrogens with one attached hydrogen (secondary N) is 1. The van der Waals surface area contributed by atoms with Gasteiger partial charge in [-0.1, -0.05) is 6.07 Å². The zero-order valence-electron chi connectivity index (χ0n) is 11.9. The molecule has 3 aromatic rings. The number of hydrogen-bond acceptors (Lipinski definition) is 5. The van der Waals surface area contributed by atoms with Crippen LogP contribution >= 0.6 is 22.7 Å². The average molecular weight is 330 g/mol. The Morgan fingerprint density at radius 3 is 3.00 bits per heavy atom. The average Bonchev–Trinajstić information content (AvgIpc) is 2.91. The van der Waals surface area contributed by atoms with Gasteiger partial charge in [0.1, 0.15) is 5.82 Å². The summed E-state index contributed by atoms with van der Waals surface area (Å²) in [6, 6.07) is 5.94. The standard InChI is InChI=1S/C15H14N4OS2/c1-9-7-13(17-14(20)10-4-5-10)19(18-9)15-16-11(8-22-15)12-3-2-6-21-12/h2-3,6-8,10H,4-5H2,1H3,(H,17,20). The molecule has 1 N–H and O–H groups in total. The van der Waals surface area contributed by atoms with Crippen LogP contribution in [0.25, 0.3) is 15.7 Å². The van der Waals surface area contributed by atoms with Crippen molar-refractivity contribution < 1.29 is 4.79 Å². The second kappa shape index (κ2) is 5.33. The van der Waals surface area contributed by atoms with Gasteiger partial charge in [0.25, 0.3) is 0 Å². The normalized spacial score (nSPS) is 14.2. The van der Waals surface area contributed by atoms with Crippen molar-refractivity contribution in [2.45, 2.75) is 19.8 Å². The summed E-state index contributed by atoms with van der Waals surface area (Å²) in [6.45, 7) is 1.91. The van der Waals surface area contributed by atoms with Gasteiger partial charge in [-0.3, -0.25) is 4.79 Å². The van der Waals surface area contributed by atoms with E-state index in [1.807, 2.05) is 35.9 Å². The maximum absolute atomic E-state index is 12.0. The Morgan fingerprint density at radius 1 is 1.41 bits per heavy atom. The highest BCUT2D eigenvalue weighted by Crippen LogP contribution is 2.32. The molecule has 0 aliphatic heterocycles. The van der Waals surface area contributed by atoms with Gasteiger partial charge in [-0.05, 0) is 31.2 Å². The van der Waals surface area contributed by atoms with Crippen LogP contribution in [-0.4, -0.2) is 20.7 Å². The summed E-state index contributed by atoms with van der Waals surface area (Å²) < 4.78 is 1.72. The van der Waals surface area contributed by atoms with E-state index in [9.17, 15) is 4.79 Å². The predicted octanol–water partition coefficient (Wildman–Crippen LogP) is 3.71. The van der Waals surface area contributed by atoms with Crippen molar-refractivity contribution in [3.8, 4) is 15.7 Å². The fraction of sp³-hybridized carbons (Fsp3) is 0.267. The lowest BCUT2D eigenvalue weighted by Crippen LogP contribution is -2.16. The zero-order valence-corrected chi connectivity index (χ0v) is 13.6. The SMILES string of the molecule is Cc1cc(NC(=O)C2CC2)n(-c2nc(-c3cccs3)cs2)n1. The number of thiophene rings is 1. The molecule has 1 aliphatic carbocycles. The van der Waals surface area contributed by atoms with Gasteiger partial charge in [0.05, 0.1) is 16.3 Å². The first-order valence-corrected chi connectivity index (χ1v) is 8.84. The minimum absolute atomic E-state index is 0.0798. The molecule has 5 nitrogen and oxygen atoms in total. The van der Waals surface area contributed by atoms with Gasteiger partial charge in [-0.25, -0.2) is 4.98 Å². The third kappa shape index (κ3) is 2.57. The summed E-state index contributed by atoms with van der Waals surface area (Å²) in [5.74, 6) is 0.944. The molecule has 22 heavy (non-hydrogen) atoms. The van der Waals surface area contributed by atoms with E-state index < -0.39 is 0 Å². The zero-order chi connectivity index (χ0) is 15.1. The van der Waals surface area contributed by atoms with E-state index in [-0.39, 0.29) is 11.8 Å². The largest absolute Gasteiger partial charge is 0.310 e. The van der Waals surface area contributed by atoms with E-state index >= 15 is 0 Å². The Morgan fingerprint density at radius 2 is 2.27 bits per heavy atom. The summed E-state index contributed by atoms with van der Waals surface area (Å²) in [5.41, 5.74) is 1.81. The summed E-state index contributed by atoms with van der Waals surface area (Å²) in [7, 11) is 0. The first kappa shape index (κ1) is 13.7. The smallest absolute Gasteiger partial charge is 0.228 e. The van der Waals surface area contributed by atoms with Crippen LogP contribution in [0.1, 0.15) is 18.5 Å². The highest BCUT2D eigenvalue weighted by Gasteiger charge is 2.30. The molecule has 0 atom stereocenters. The van der Waals surface area contributed by atoms with Gasteiger partial charge >= 0.3 is 0 Å². The summed E-state index contributed by atoms with van der Waals surface area (Å²) in [5, 5.41) is 12.2. The topological polar surface area (TPSA) is 59.8 Å². The summed E-state index contributed by atoms with van der Waals surface area (Å²) in [4.78, 5) is 17.8. The highest BCUT2D eigenvalue weighted by atomic mass is 32.1. The van der Waals surface area contributed by atoms with Gasteiger partial charge in [0, 0.05) is 17.4 Å². The summed E-state index contributed by atoms with van der Waals surface area (Å²) >= 11 is 3.19. The van der Waals surface area contributed by atoms with Crippen molar-refractivity contribution in [3.63, 3.8) is 0 Å². The van der Waals surface area contributed by atoms with Crippen molar-refractivity contribution in [1.82, 2.24) is 14.8 Å². The molecule has 1 aliphatic rings. The lowest BCUT2D eigenvalue weighted by Gasteiger charge is -2.05. The van der Waals surface area contributed by atoms with Crippen LogP contribution < -0.4 is 5.32 Å². The molecular weight excluding hydrogens is 316 g/mol. The first-order chi connectivity index (χ1) is 10.7. The van der Waals surface area contributed by atoms with E-state index in [1.54, 1.807) is 16.0 Å². The lowest BCUT2D eigenvalue weighted by atomic mass is 10.4. The number of carbonyl (C=O) groups is 1. The van der Waals surface area contributed by atoms with E-state index in [4.69, 9.17) is 0 Å². The van der Waals surface area contributed by atoms with Crippen LogP contribution in [0.3, 0.4) is 0 Å². The number of aromatic nitrogens is 3. The molecule has 0 unspecified atom stereocenters. The molecule has 0 bridgehead atoms. The Bertz CT molecular complexity index is 815. The van der Waals surface area contributed by atoms with Crippen LogP contribution in [0.5, 0.6) is 0 Å². The second-order valence-corrected chi connectivity index (χ2v) is 7.12. The van der Waals surface area contributed by atoms with Crippen molar-refractivity contribution >= 4 is 34.4 Å². The third-order valence-electron chi connectivity index (χ3n) is 3.48. The molecular formula is C15H14N4OS2. The lowest BCUT2D eigenvalue weighted by molar-refractivity contribution is -0.117. The number of carbonyl (C=O) groups excluding carboxylic acids is 1. The molecule has 0 aromatic carbocycles. The number of thiazole rings is 1. The van der Waals surface area contributed by atoms with Gasteiger partial charge in [-0.15, -0.1) is 22.7 Å². The van der Waals surface area contributed by atoms with E-state index in [1.165, 1.54) is 11.3 Å². The molecule has 3 aromatic heterocycles. The molecule has 1 saturated carbocycles. The number of aryl methyl sites for hydroxylation is 1. The second-order valence-electron chi connectivity index (χ2n) is 5.34. The summed E-state index contributed by atoms with van der Waals surface area (Å²) in [6.07, 6.45) is 1.97. The molecule has 4 rings (SSSR count). The molecule has 1 amide bonds. The molecule has 0 radical (unpaired) electrons. The van der Waals surface area contributed by atoms with E-state index in [0.29, 0.717) is 5.82 Å². The van der Waals surface area contributed by atoms with Gasteiger partial charge in [0.2, 0.25) is 11.0 Å². The number of nitrogens with zero attached hydrogens (tertiary/aromatic N) is 3. The Labute approximate surface area is 135 Å². The van der Waals surface area contributed by atoms with Crippen LogP contribution in [0, 0.1) is 12.8 Å². The monoisotopic (exact) mass is 330 g/mol. The highest BCUT2D eigenvalue weighted by molar-refractivity contribution is 7.15. The molecule has 7 heteroatoms. The minimum Gasteiger partial charge on any atom is -0.310 e. The van der Waals surface area contributed by atoms with Crippen molar-refractivity contribution in [2.75, 3.05) is 5.32 Å². The van der Waals surface area contributed by atoms with Gasteiger partial charge in [0.15, 0.2) is 0 Å². The van der Waals surface area contributed by atoms with Gasteiger partial charge < -0.3 is 5.32 Å². The van der Waals surface area contributed by atoms with Crippen LogP contribution in [0.4, 0.5) is 5.82 Å². The van der Waals surface area contributed by atoms with Crippen LogP contribution in [-0.2, 0) is 4.79 Å². The number of anilines is 1. The Hall–Kier alpha value is -1.99. The number of amides is 1. The van der Waals surface area contributed by atoms with Crippen LogP contribution in [0.15, 0.2) is 29.0 Å². The van der Waals surface area contributed by atoms with Gasteiger partial charge in [-0.2, -0.15) is 9.78 Å². The first-order valence-electron chi connectivity index (χ1n) is 7.08. The maximum Gasteiger partial charge on any atom is 0.228 e. The van der Waals surface area contributed by atoms with Crippen LogP contribution in [0.2, 0.25) is 0 Å². The number of hydrogen-bond donors (Lipinski definition) is 1. The van der Waals surface area contributed by atoms with E-state index in [0.717, 1.165) is 34.2 Å². The molecule has 1 fully saturated rings. The predicted molar refractivity (Wildman–Crippen MR) is 88.6 cm³/mol. The minimum atomic E-state index is 0.0798. The Balaban J connectivity index is 1.65. The molecule has 3 heterocycles. The molecule has 112 valence electrons. The number of rotatable bonds is 4. The third-order valence-corrected chi connectivity index (χ3v) is 5.19. The van der Waals surface area contributed by atoms with Crippen molar-refractivity contribution in [1.29, 1.82) is 0 Å². The fourth-order valence-electron chi connectivity index (χ4n) is 2.21. The van der Waals surface area contributed by atoms with Crippen molar-refractivity contribution in [3.05, 3.63) is 34.7 Å². The molecule has 0 spiro atoms.